The summed E-state index contributed by atoms with van der Waals surface area (Å²) < 4.78 is 1.29. The molecule has 1 amide bonds. The summed E-state index contributed by atoms with van der Waals surface area (Å²) in [6, 6.07) is 17.3. The van der Waals surface area contributed by atoms with Gasteiger partial charge in [0.2, 0.25) is 5.91 Å². The van der Waals surface area contributed by atoms with Gasteiger partial charge in [-0.05, 0) is 18.1 Å². The molecule has 0 aliphatic rings. The Morgan fingerprint density at radius 1 is 1.04 bits per heavy atom. The molecule has 0 atom stereocenters. The average molecular weight is 401 g/mol. The van der Waals surface area contributed by atoms with Crippen molar-refractivity contribution in [1.29, 1.82) is 0 Å². The number of hydrogen-bond acceptors (Lipinski definition) is 4. The van der Waals surface area contributed by atoms with Gasteiger partial charge in [0.1, 0.15) is 0 Å². The molecule has 148 valence electrons. The van der Waals surface area contributed by atoms with Gasteiger partial charge in [0.25, 0.3) is 5.56 Å². The summed E-state index contributed by atoms with van der Waals surface area (Å²) >= 11 is 0. The lowest BCUT2D eigenvalue weighted by atomic mass is 10.1. The number of carbonyl (C=O) groups is 1. The first-order chi connectivity index (χ1) is 13.1. The van der Waals surface area contributed by atoms with Gasteiger partial charge in [-0.3, -0.25) is 9.59 Å². The summed E-state index contributed by atoms with van der Waals surface area (Å²) in [6.07, 6.45) is 0.914. The van der Waals surface area contributed by atoms with E-state index in [1.807, 2.05) is 48.5 Å². The number of carbonyl (C=O) groups excluding carboxylic acids is 1. The Kier molecular flexibility index (Phi) is 7.72. The maximum atomic E-state index is 12.9. The van der Waals surface area contributed by atoms with E-state index in [0.29, 0.717) is 30.7 Å². The van der Waals surface area contributed by atoms with Crippen molar-refractivity contribution >= 4 is 29.1 Å². The Morgan fingerprint density at radius 3 is 2.36 bits per heavy atom. The number of nitrogens with two attached hydrogens (primary N) is 1. The lowest BCUT2D eigenvalue weighted by Crippen LogP contribution is -2.38. The molecule has 0 saturated heterocycles. The quantitative estimate of drug-likeness (QED) is 0.657. The molecule has 0 spiro atoms. The first-order valence-electron chi connectivity index (χ1n) is 9.07. The second kappa shape index (κ2) is 10.0. The molecule has 0 fully saturated rings. The fourth-order valence-electron chi connectivity index (χ4n) is 3.19. The molecule has 3 aromatic rings. The van der Waals surface area contributed by atoms with Crippen LogP contribution in [0.2, 0.25) is 0 Å². The van der Waals surface area contributed by atoms with E-state index in [-0.39, 0.29) is 30.3 Å². The van der Waals surface area contributed by atoms with Gasteiger partial charge >= 0.3 is 0 Å². The standard InChI is InChI=1S/C21H24N4O2.ClH/c1-24-21(27)18-10-6-5-9-17(18)19(23-24)15-20(26)25(14-12-22)13-11-16-7-3-2-4-8-16;/h2-10H,11-15,22H2,1H3;1H. The second-order valence-electron chi connectivity index (χ2n) is 6.50. The summed E-state index contributed by atoms with van der Waals surface area (Å²) in [4.78, 5) is 26.9. The van der Waals surface area contributed by atoms with E-state index in [4.69, 9.17) is 5.73 Å². The molecule has 0 unspecified atom stereocenters. The molecule has 6 nitrogen and oxygen atoms in total. The molecule has 1 aromatic heterocycles. The molecule has 1 heterocycles. The van der Waals surface area contributed by atoms with Crippen molar-refractivity contribution in [2.24, 2.45) is 12.8 Å². The van der Waals surface area contributed by atoms with E-state index >= 15 is 0 Å². The molecule has 3 rings (SSSR count). The van der Waals surface area contributed by atoms with Gasteiger partial charge in [-0.25, -0.2) is 4.68 Å². The van der Waals surface area contributed by atoms with Crippen LogP contribution in [-0.4, -0.2) is 40.2 Å². The van der Waals surface area contributed by atoms with Crippen LogP contribution >= 0.6 is 12.4 Å². The Bertz CT molecular complexity index is 989. The Labute approximate surface area is 170 Å². The number of rotatable bonds is 7. The maximum absolute atomic E-state index is 12.9. The normalized spacial score (nSPS) is 10.5. The number of nitrogens with zero attached hydrogens (tertiary/aromatic N) is 3. The van der Waals surface area contributed by atoms with Crippen LogP contribution in [0, 0.1) is 0 Å². The van der Waals surface area contributed by atoms with Crippen LogP contribution in [0.5, 0.6) is 0 Å². The van der Waals surface area contributed by atoms with Crippen LogP contribution < -0.4 is 11.3 Å². The zero-order valence-electron chi connectivity index (χ0n) is 15.9. The fourth-order valence-corrected chi connectivity index (χ4v) is 3.19. The van der Waals surface area contributed by atoms with Gasteiger partial charge in [-0.1, -0.05) is 48.5 Å². The summed E-state index contributed by atoms with van der Waals surface area (Å²) in [5.74, 6) is -0.0346. The third-order valence-corrected chi connectivity index (χ3v) is 4.62. The monoisotopic (exact) mass is 400 g/mol. The number of aromatic nitrogens is 2. The molecule has 2 N–H and O–H groups in total. The first-order valence-corrected chi connectivity index (χ1v) is 9.07. The fraction of sp³-hybridized carbons (Fsp3) is 0.286. The number of benzene rings is 2. The minimum absolute atomic E-state index is 0. The maximum Gasteiger partial charge on any atom is 0.274 e. The summed E-state index contributed by atoms with van der Waals surface area (Å²) in [6.45, 7) is 1.50. The number of hydrogen-bond donors (Lipinski definition) is 1. The first kappa shape index (κ1) is 21.6. The average Bonchev–Trinajstić information content (AvgIpc) is 2.70. The van der Waals surface area contributed by atoms with Crippen molar-refractivity contribution in [3.8, 4) is 0 Å². The van der Waals surface area contributed by atoms with E-state index in [1.165, 1.54) is 10.2 Å². The van der Waals surface area contributed by atoms with E-state index in [9.17, 15) is 9.59 Å². The highest BCUT2D eigenvalue weighted by atomic mass is 35.5. The lowest BCUT2D eigenvalue weighted by Gasteiger charge is -2.22. The van der Waals surface area contributed by atoms with Gasteiger partial charge in [-0.2, -0.15) is 5.10 Å². The zero-order chi connectivity index (χ0) is 19.2. The van der Waals surface area contributed by atoms with Crippen molar-refractivity contribution in [1.82, 2.24) is 14.7 Å². The summed E-state index contributed by atoms with van der Waals surface area (Å²) in [7, 11) is 1.61. The number of amides is 1. The highest BCUT2D eigenvalue weighted by Crippen LogP contribution is 2.14. The Balaban J connectivity index is 0.00000280. The Hall–Kier alpha value is -2.70. The smallest absolute Gasteiger partial charge is 0.274 e. The molecule has 7 heteroatoms. The number of aryl methyl sites for hydroxylation is 1. The van der Waals surface area contributed by atoms with Crippen molar-refractivity contribution in [2.75, 3.05) is 19.6 Å². The highest BCUT2D eigenvalue weighted by Gasteiger charge is 2.17. The van der Waals surface area contributed by atoms with Crippen molar-refractivity contribution < 1.29 is 4.79 Å². The Morgan fingerprint density at radius 2 is 1.68 bits per heavy atom. The number of halogens is 1. The zero-order valence-corrected chi connectivity index (χ0v) is 16.7. The SMILES string of the molecule is Cl.Cn1nc(CC(=O)N(CCN)CCc2ccccc2)c2ccccc2c1=O. The summed E-state index contributed by atoms with van der Waals surface area (Å²) in [5.41, 5.74) is 7.34. The van der Waals surface area contributed by atoms with Crippen LogP contribution in [0.4, 0.5) is 0 Å². The van der Waals surface area contributed by atoms with Crippen LogP contribution in [0.3, 0.4) is 0 Å². The van der Waals surface area contributed by atoms with Crippen LogP contribution in [-0.2, 0) is 24.7 Å². The molecular weight excluding hydrogens is 376 g/mol. The minimum Gasteiger partial charge on any atom is -0.341 e. The molecule has 0 radical (unpaired) electrons. The van der Waals surface area contributed by atoms with Crippen molar-refractivity contribution in [3.63, 3.8) is 0 Å². The van der Waals surface area contributed by atoms with Crippen LogP contribution in [0.1, 0.15) is 11.3 Å². The minimum atomic E-state index is -0.162. The van der Waals surface area contributed by atoms with Crippen molar-refractivity contribution in [2.45, 2.75) is 12.8 Å². The van der Waals surface area contributed by atoms with Gasteiger partial charge in [0.15, 0.2) is 0 Å². The number of fused-ring (bicyclic) bond motifs is 1. The van der Waals surface area contributed by atoms with E-state index in [1.54, 1.807) is 18.0 Å². The topological polar surface area (TPSA) is 81.2 Å². The molecule has 2 aromatic carbocycles. The van der Waals surface area contributed by atoms with Crippen LogP contribution in [0.25, 0.3) is 10.8 Å². The molecule has 0 aliphatic heterocycles. The van der Waals surface area contributed by atoms with Crippen molar-refractivity contribution in [3.05, 3.63) is 76.2 Å². The largest absolute Gasteiger partial charge is 0.341 e. The molecule has 0 saturated carbocycles. The molecule has 0 bridgehead atoms. The molecule has 0 aliphatic carbocycles. The predicted molar refractivity (Wildman–Crippen MR) is 114 cm³/mol. The lowest BCUT2D eigenvalue weighted by molar-refractivity contribution is -0.130. The molecular formula is C21H25ClN4O2. The predicted octanol–water partition coefficient (Wildman–Crippen LogP) is 1.93. The van der Waals surface area contributed by atoms with Gasteiger partial charge in [0.05, 0.1) is 17.5 Å². The third kappa shape index (κ3) is 4.97. The van der Waals surface area contributed by atoms with Gasteiger partial charge < -0.3 is 10.6 Å². The van der Waals surface area contributed by atoms with E-state index < -0.39 is 0 Å². The summed E-state index contributed by atoms with van der Waals surface area (Å²) in [5, 5.41) is 5.63. The van der Waals surface area contributed by atoms with Gasteiger partial charge in [-0.15, -0.1) is 12.4 Å². The van der Waals surface area contributed by atoms with Gasteiger partial charge in [0, 0.05) is 32.1 Å². The molecule has 28 heavy (non-hydrogen) atoms. The van der Waals surface area contributed by atoms with E-state index in [2.05, 4.69) is 5.10 Å². The van der Waals surface area contributed by atoms with Crippen LogP contribution in [0.15, 0.2) is 59.4 Å². The second-order valence-corrected chi connectivity index (χ2v) is 6.50. The van der Waals surface area contributed by atoms with E-state index in [0.717, 1.165) is 11.8 Å². The highest BCUT2D eigenvalue weighted by molar-refractivity contribution is 5.88. The third-order valence-electron chi connectivity index (χ3n) is 4.62.